The highest BCUT2D eigenvalue weighted by Crippen LogP contribution is 2.49. The van der Waals surface area contributed by atoms with Gasteiger partial charge in [-0.05, 0) is 25.0 Å². The number of aryl methyl sites for hydroxylation is 2. The second-order valence-corrected chi connectivity index (χ2v) is 6.29. The number of nitrogens with zero attached hydrogens (tertiary/aromatic N) is 1. The highest BCUT2D eigenvalue weighted by atomic mass is 16.5. The standard InChI is InChI=1S/C21H19NO2/c1-14-8-10-17(11-9-14)21(16-6-4-3-5-7-16)19-12-22-15(2)20(23)18(19)13-24-21/h3-12,23H,13H2,1-2H3. The first-order valence-electron chi connectivity index (χ1n) is 8.07. The van der Waals surface area contributed by atoms with Crippen LogP contribution < -0.4 is 0 Å². The molecule has 3 nitrogen and oxygen atoms in total. The number of benzene rings is 2. The number of hydrogen-bond acceptors (Lipinski definition) is 3. The molecular formula is C21H19NO2. The molecule has 1 unspecified atom stereocenters. The van der Waals surface area contributed by atoms with Gasteiger partial charge in [0.15, 0.2) is 0 Å². The first-order valence-corrected chi connectivity index (χ1v) is 8.07. The Morgan fingerprint density at radius 2 is 1.62 bits per heavy atom. The van der Waals surface area contributed by atoms with E-state index in [0.29, 0.717) is 12.3 Å². The van der Waals surface area contributed by atoms with Crippen molar-refractivity contribution in [2.45, 2.75) is 26.1 Å². The summed E-state index contributed by atoms with van der Waals surface area (Å²) in [5.41, 5.74) is 4.92. The summed E-state index contributed by atoms with van der Waals surface area (Å²) in [4.78, 5) is 4.38. The van der Waals surface area contributed by atoms with Crippen LogP contribution in [-0.2, 0) is 16.9 Å². The maximum Gasteiger partial charge on any atom is 0.146 e. The van der Waals surface area contributed by atoms with Crippen LogP contribution in [0.4, 0.5) is 0 Å². The molecule has 0 radical (unpaired) electrons. The average molecular weight is 317 g/mol. The number of fused-ring (bicyclic) bond motifs is 1. The quantitative estimate of drug-likeness (QED) is 0.769. The smallest absolute Gasteiger partial charge is 0.146 e. The van der Waals surface area contributed by atoms with Crippen LogP contribution in [0.25, 0.3) is 0 Å². The van der Waals surface area contributed by atoms with Gasteiger partial charge in [0, 0.05) is 17.3 Å². The van der Waals surface area contributed by atoms with Gasteiger partial charge in [-0.15, -0.1) is 0 Å². The van der Waals surface area contributed by atoms with Crippen molar-refractivity contribution in [3.05, 3.63) is 94.3 Å². The summed E-state index contributed by atoms with van der Waals surface area (Å²) in [6, 6.07) is 18.5. The molecule has 1 N–H and O–H groups in total. The normalized spacial score (nSPS) is 19.2. The summed E-state index contributed by atoms with van der Waals surface area (Å²) in [5, 5.41) is 10.4. The molecule has 1 aliphatic heterocycles. The van der Waals surface area contributed by atoms with E-state index in [1.807, 2.05) is 31.3 Å². The van der Waals surface area contributed by atoms with Gasteiger partial charge in [0.05, 0.1) is 12.3 Å². The second kappa shape index (κ2) is 5.46. The Hall–Kier alpha value is -2.65. The van der Waals surface area contributed by atoms with E-state index < -0.39 is 5.60 Å². The highest BCUT2D eigenvalue weighted by Gasteiger charge is 2.45. The van der Waals surface area contributed by atoms with Crippen LogP contribution in [0.5, 0.6) is 5.75 Å². The Balaban J connectivity index is 2.02. The first-order chi connectivity index (χ1) is 11.6. The lowest BCUT2D eigenvalue weighted by molar-refractivity contribution is 0.0263. The third-order valence-electron chi connectivity index (χ3n) is 4.79. The molecule has 1 atom stereocenters. The number of ether oxygens (including phenoxy) is 1. The molecule has 0 saturated carbocycles. The van der Waals surface area contributed by atoms with E-state index in [4.69, 9.17) is 4.74 Å². The topological polar surface area (TPSA) is 42.4 Å². The summed E-state index contributed by atoms with van der Waals surface area (Å²) in [7, 11) is 0. The van der Waals surface area contributed by atoms with E-state index in [-0.39, 0.29) is 5.75 Å². The van der Waals surface area contributed by atoms with E-state index in [9.17, 15) is 5.11 Å². The van der Waals surface area contributed by atoms with E-state index in [0.717, 1.165) is 22.3 Å². The number of aromatic nitrogens is 1. The minimum atomic E-state index is -0.734. The fourth-order valence-corrected chi connectivity index (χ4v) is 3.46. The van der Waals surface area contributed by atoms with Crippen molar-refractivity contribution in [2.75, 3.05) is 0 Å². The zero-order chi connectivity index (χ0) is 16.7. The second-order valence-electron chi connectivity index (χ2n) is 6.29. The minimum Gasteiger partial charge on any atom is -0.506 e. The van der Waals surface area contributed by atoms with E-state index >= 15 is 0 Å². The van der Waals surface area contributed by atoms with Gasteiger partial charge in [0.25, 0.3) is 0 Å². The Kier molecular flexibility index (Phi) is 3.39. The Bertz CT molecular complexity index is 888. The van der Waals surface area contributed by atoms with Crippen molar-refractivity contribution in [1.29, 1.82) is 0 Å². The molecule has 2 aromatic carbocycles. The van der Waals surface area contributed by atoms with Crippen molar-refractivity contribution in [2.24, 2.45) is 0 Å². The van der Waals surface area contributed by atoms with Crippen molar-refractivity contribution < 1.29 is 9.84 Å². The van der Waals surface area contributed by atoms with Crippen molar-refractivity contribution in [1.82, 2.24) is 4.98 Å². The summed E-state index contributed by atoms with van der Waals surface area (Å²) in [6.07, 6.45) is 1.84. The van der Waals surface area contributed by atoms with Gasteiger partial charge in [-0.1, -0.05) is 60.2 Å². The molecular weight excluding hydrogens is 298 g/mol. The molecule has 0 fully saturated rings. The van der Waals surface area contributed by atoms with Gasteiger partial charge in [0.2, 0.25) is 0 Å². The molecule has 0 spiro atoms. The summed E-state index contributed by atoms with van der Waals surface area (Å²) in [5.74, 6) is 0.234. The molecule has 0 saturated heterocycles. The maximum atomic E-state index is 10.4. The van der Waals surface area contributed by atoms with Crippen molar-refractivity contribution >= 4 is 0 Å². The number of pyridine rings is 1. The molecule has 4 rings (SSSR count). The van der Waals surface area contributed by atoms with Crippen LogP contribution in [0, 0.1) is 13.8 Å². The number of hydrogen-bond donors (Lipinski definition) is 1. The summed E-state index contributed by atoms with van der Waals surface area (Å²) >= 11 is 0. The molecule has 24 heavy (non-hydrogen) atoms. The van der Waals surface area contributed by atoms with Crippen LogP contribution in [-0.4, -0.2) is 10.1 Å². The third kappa shape index (κ3) is 2.05. The van der Waals surface area contributed by atoms with E-state index in [2.05, 4.69) is 48.3 Å². The molecule has 120 valence electrons. The first kappa shape index (κ1) is 14.9. The molecule has 0 bridgehead atoms. The number of rotatable bonds is 2. The largest absolute Gasteiger partial charge is 0.506 e. The van der Waals surface area contributed by atoms with Crippen LogP contribution in [0.1, 0.15) is 33.5 Å². The SMILES string of the molecule is Cc1ccc(C2(c3ccccc3)OCc3c2cnc(C)c3O)cc1. The van der Waals surface area contributed by atoms with Crippen molar-refractivity contribution in [3.8, 4) is 5.75 Å². The maximum absolute atomic E-state index is 10.4. The van der Waals surface area contributed by atoms with Crippen LogP contribution in [0.3, 0.4) is 0 Å². The van der Waals surface area contributed by atoms with Gasteiger partial charge in [0.1, 0.15) is 11.4 Å². The zero-order valence-corrected chi connectivity index (χ0v) is 13.8. The zero-order valence-electron chi connectivity index (χ0n) is 13.8. The van der Waals surface area contributed by atoms with Crippen LogP contribution in [0.15, 0.2) is 60.8 Å². The Morgan fingerprint density at radius 3 is 2.33 bits per heavy atom. The van der Waals surface area contributed by atoms with Gasteiger partial charge >= 0.3 is 0 Å². The Morgan fingerprint density at radius 1 is 0.958 bits per heavy atom. The minimum absolute atomic E-state index is 0.234. The van der Waals surface area contributed by atoms with E-state index in [1.165, 1.54) is 5.56 Å². The fourth-order valence-electron chi connectivity index (χ4n) is 3.46. The van der Waals surface area contributed by atoms with Crippen LogP contribution >= 0.6 is 0 Å². The summed E-state index contributed by atoms with van der Waals surface area (Å²) < 4.78 is 6.36. The van der Waals surface area contributed by atoms with Gasteiger partial charge in [-0.2, -0.15) is 0 Å². The highest BCUT2D eigenvalue weighted by molar-refractivity contribution is 5.56. The monoisotopic (exact) mass is 317 g/mol. The lowest BCUT2D eigenvalue weighted by atomic mass is 9.80. The summed E-state index contributed by atoms with van der Waals surface area (Å²) in [6.45, 7) is 4.25. The predicted octanol–water partition coefficient (Wildman–Crippen LogP) is 4.23. The fraction of sp³-hybridized carbons (Fsp3) is 0.190. The number of aromatic hydroxyl groups is 1. The predicted molar refractivity (Wildman–Crippen MR) is 92.9 cm³/mol. The third-order valence-corrected chi connectivity index (χ3v) is 4.79. The lowest BCUT2D eigenvalue weighted by Crippen LogP contribution is -2.28. The van der Waals surface area contributed by atoms with E-state index in [1.54, 1.807) is 0 Å². The molecule has 3 aromatic rings. The van der Waals surface area contributed by atoms with Gasteiger partial charge in [-0.3, -0.25) is 4.98 Å². The molecule has 2 heterocycles. The lowest BCUT2D eigenvalue weighted by Gasteiger charge is -2.31. The molecule has 0 aliphatic carbocycles. The van der Waals surface area contributed by atoms with Crippen molar-refractivity contribution in [3.63, 3.8) is 0 Å². The average Bonchev–Trinajstić information content (AvgIpc) is 3.01. The molecule has 0 amide bonds. The molecule has 3 heteroatoms. The van der Waals surface area contributed by atoms with Gasteiger partial charge in [-0.25, -0.2) is 0 Å². The van der Waals surface area contributed by atoms with Crippen LogP contribution in [0.2, 0.25) is 0 Å². The molecule has 1 aliphatic rings. The molecule has 1 aromatic heterocycles. The Labute approximate surface area is 141 Å². The van der Waals surface area contributed by atoms with Gasteiger partial charge < -0.3 is 9.84 Å².